The van der Waals surface area contributed by atoms with E-state index in [4.69, 9.17) is 14.7 Å². The first-order valence-electron chi connectivity index (χ1n) is 12.4. The zero-order valence-electron chi connectivity index (χ0n) is 20.8. The highest BCUT2D eigenvalue weighted by molar-refractivity contribution is 5.73. The van der Waals surface area contributed by atoms with Gasteiger partial charge >= 0.3 is 0 Å². The molecule has 0 atom stereocenters. The summed E-state index contributed by atoms with van der Waals surface area (Å²) >= 11 is 0. The lowest BCUT2D eigenvalue weighted by atomic mass is 10.1. The Morgan fingerprint density at radius 3 is 2.24 bits per heavy atom. The number of benzene rings is 1. The SMILES string of the molecule is CCc1nc2cc(C)c(C)nc2n1Cc1ccc(CCCN2CCN(CCOC)CC2)cc1. The second kappa shape index (κ2) is 11.2. The van der Waals surface area contributed by atoms with Gasteiger partial charge < -0.3 is 14.2 Å². The fraction of sp³-hybridized carbons (Fsp3) is 0.556. The topological polar surface area (TPSA) is 46.4 Å². The first-order chi connectivity index (χ1) is 16.1. The Morgan fingerprint density at radius 2 is 1.58 bits per heavy atom. The molecule has 0 spiro atoms. The Balaban J connectivity index is 1.30. The van der Waals surface area contributed by atoms with Crippen LogP contribution in [0.25, 0.3) is 11.2 Å². The van der Waals surface area contributed by atoms with Crippen LogP contribution in [-0.4, -0.2) is 77.3 Å². The molecule has 33 heavy (non-hydrogen) atoms. The number of imidazole rings is 1. The van der Waals surface area contributed by atoms with Gasteiger partial charge in [-0.2, -0.15) is 0 Å². The minimum Gasteiger partial charge on any atom is -0.383 e. The van der Waals surface area contributed by atoms with Crippen molar-refractivity contribution in [1.29, 1.82) is 0 Å². The normalized spacial score (nSPS) is 15.5. The summed E-state index contributed by atoms with van der Waals surface area (Å²) in [5.41, 5.74) is 7.02. The van der Waals surface area contributed by atoms with Crippen LogP contribution in [0.4, 0.5) is 0 Å². The zero-order valence-corrected chi connectivity index (χ0v) is 20.8. The molecule has 1 aliphatic heterocycles. The molecule has 0 bridgehead atoms. The molecule has 0 aliphatic carbocycles. The van der Waals surface area contributed by atoms with Crippen LogP contribution in [0.15, 0.2) is 30.3 Å². The van der Waals surface area contributed by atoms with E-state index in [0.29, 0.717) is 0 Å². The Bertz CT molecular complexity index is 1030. The Labute approximate surface area is 198 Å². The van der Waals surface area contributed by atoms with Crippen molar-refractivity contribution >= 4 is 11.2 Å². The third kappa shape index (κ3) is 5.99. The second-order valence-corrected chi connectivity index (χ2v) is 9.30. The van der Waals surface area contributed by atoms with Crippen LogP contribution in [0, 0.1) is 13.8 Å². The average Bonchev–Trinajstić information content (AvgIpc) is 3.16. The monoisotopic (exact) mass is 449 g/mol. The number of rotatable bonds is 10. The van der Waals surface area contributed by atoms with Gasteiger partial charge in [0.25, 0.3) is 0 Å². The van der Waals surface area contributed by atoms with E-state index in [1.807, 2.05) is 0 Å². The van der Waals surface area contributed by atoms with Gasteiger partial charge in [0.15, 0.2) is 5.65 Å². The molecule has 0 saturated carbocycles. The van der Waals surface area contributed by atoms with Crippen LogP contribution in [0.5, 0.6) is 0 Å². The molecule has 2 aromatic heterocycles. The molecule has 0 amide bonds. The molecule has 1 aliphatic rings. The molecule has 1 aromatic carbocycles. The molecule has 6 heteroatoms. The van der Waals surface area contributed by atoms with E-state index in [1.165, 1.54) is 42.7 Å². The number of methoxy groups -OCH3 is 1. The van der Waals surface area contributed by atoms with Crippen LogP contribution >= 0.6 is 0 Å². The lowest BCUT2D eigenvalue weighted by Crippen LogP contribution is -2.47. The minimum atomic E-state index is 0.822. The van der Waals surface area contributed by atoms with Gasteiger partial charge in [0.2, 0.25) is 0 Å². The summed E-state index contributed by atoms with van der Waals surface area (Å²) in [7, 11) is 1.78. The van der Waals surface area contributed by atoms with E-state index < -0.39 is 0 Å². The van der Waals surface area contributed by atoms with Crippen molar-refractivity contribution in [3.05, 3.63) is 58.5 Å². The largest absolute Gasteiger partial charge is 0.383 e. The standard InChI is InChI=1S/C27H39N5O/c1-5-26-29-25-19-21(2)22(3)28-27(25)32(26)20-24-10-8-23(9-11-24)7-6-12-30-13-15-31(16-14-30)17-18-33-4/h8-11,19H,5-7,12-18,20H2,1-4H3. The van der Waals surface area contributed by atoms with Crippen LogP contribution in [0.3, 0.4) is 0 Å². The van der Waals surface area contributed by atoms with E-state index in [2.05, 4.69) is 65.5 Å². The maximum atomic E-state index is 5.20. The molecule has 1 fully saturated rings. The number of hydrogen-bond acceptors (Lipinski definition) is 5. The minimum absolute atomic E-state index is 0.822. The maximum Gasteiger partial charge on any atom is 0.160 e. The van der Waals surface area contributed by atoms with E-state index >= 15 is 0 Å². The van der Waals surface area contributed by atoms with Gasteiger partial charge in [-0.05, 0) is 56.0 Å². The summed E-state index contributed by atoms with van der Waals surface area (Å²) in [5.74, 6) is 1.11. The summed E-state index contributed by atoms with van der Waals surface area (Å²) in [5, 5.41) is 0. The number of hydrogen-bond donors (Lipinski definition) is 0. The summed E-state index contributed by atoms with van der Waals surface area (Å²) in [6.45, 7) is 14.9. The lowest BCUT2D eigenvalue weighted by Gasteiger charge is -2.34. The molecule has 1 saturated heterocycles. The van der Waals surface area contributed by atoms with Gasteiger partial charge in [0, 0.05) is 51.9 Å². The maximum absolute atomic E-state index is 5.20. The number of piperazine rings is 1. The van der Waals surface area contributed by atoms with Crippen molar-refractivity contribution in [3.8, 4) is 0 Å². The molecule has 4 rings (SSSR count). The fourth-order valence-electron chi connectivity index (χ4n) is 4.67. The molecule has 0 N–H and O–H groups in total. The number of aromatic nitrogens is 3. The highest BCUT2D eigenvalue weighted by atomic mass is 16.5. The third-order valence-electron chi connectivity index (χ3n) is 6.94. The molecule has 0 radical (unpaired) electrons. The highest BCUT2D eigenvalue weighted by Gasteiger charge is 2.16. The quantitative estimate of drug-likeness (QED) is 0.470. The van der Waals surface area contributed by atoms with E-state index in [9.17, 15) is 0 Å². The van der Waals surface area contributed by atoms with Crippen LogP contribution in [0.1, 0.15) is 41.6 Å². The first-order valence-corrected chi connectivity index (χ1v) is 12.4. The predicted molar refractivity (Wildman–Crippen MR) is 135 cm³/mol. The van der Waals surface area contributed by atoms with Crippen molar-refractivity contribution in [3.63, 3.8) is 0 Å². The number of pyridine rings is 1. The van der Waals surface area contributed by atoms with Crippen molar-refractivity contribution in [2.24, 2.45) is 0 Å². The number of ether oxygens (including phenoxy) is 1. The van der Waals surface area contributed by atoms with Crippen molar-refractivity contribution in [2.75, 3.05) is 53.0 Å². The zero-order chi connectivity index (χ0) is 23.2. The van der Waals surface area contributed by atoms with E-state index in [-0.39, 0.29) is 0 Å². The van der Waals surface area contributed by atoms with Crippen molar-refractivity contribution in [1.82, 2.24) is 24.3 Å². The average molecular weight is 450 g/mol. The second-order valence-electron chi connectivity index (χ2n) is 9.30. The number of aryl methyl sites for hydroxylation is 4. The number of fused-ring (bicyclic) bond motifs is 1. The van der Waals surface area contributed by atoms with Crippen molar-refractivity contribution < 1.29 is 4.74 Å². The summed E-state index contributed by atoms with van der Waals surface area (Å²) in [6.07, 6.45) is 3.26. The molecular formula is C27H39N5O. The van der Waals surface area contributed by atoms with Gasteiger partial charge in [-0.1, -0.05) is 31.2 Å². The predicted octanol–water partition coefficient (Wildman–Crippen LogP) is 3.86. The fourth-order valence-corrected chi connectivity index (χ4v) is 4.67. The molecule has 6 nitrogen and oxygen atoms in total. The smallest absolute Gasteiger partial charge is 0.160 e. The van der Waals surface area contributed by atoms with Crippen LogP contribution in [-0.2, 0) is 24.1 Å². The van der Waals surface area contributed by atoms with E-state index in [0.717, 1.165) is 68.3 Å². The van der Waals surface area contributed by atoms with Gasteiger partial charge in [0.05, 0.1) is 13.2 Å². The van der Waals surface area contributed by atoms with Crippen LogP contribution < -0.4 is 0 Å². The Hall–Kier alpha value is -2.28. The van der Waals surface area contributed by atoms with Crippen molar-refractivity contribution in [2.45, 2.75) is 46.6 Å². The van der Waals surface area contributed by atoms with E-state index in [1.54, 1.807) is 7.11 Å². The van der Waals surface area contributed by atoms with Gasteiger partial charge in [-0.15, -0.1) is 0 Å². The molecule has 178 valence electrons. The Morgan fingerprint density at radius 1 is 0.909 bits per heavy atom. The highest BCUT2D eigenvalue weighted by Crippen LogP contribution is 2.20. The lowest BCUT2D eigenvalue weighted by molar-refractivity contribution is 0.0965. The number of nitrogens with zero attached hydrogens (tertiary/aromatic N) is 5. The summed E-state index contributed by atoms with van der Waals surface area (Å²) in [4.78, 5) is 14.8. The molecule has 3 heterocycles. The summed E-state index contributed by atoms with van der Waals surface area (Å²) < 4.78 is 7.48. The van der Waals surface area contributed by atoms with Crippen LogP contribution in [0.2, 0.25) is 0 Å². The summed E-state index contributed by atoms with van der Waals surface area (Å²) in [6, 6.07) is 11.3. The Kier molecular flexibility index (Phi) is 8.12. The molecular weight excluding hydrogens is 410 g/mol. The molecule has 0 unspecified atom stereocenters. The third-order valence-corrected chi connectivity index (χ3v) is 6.94. The van der Waals surface area contributed by atoms with Gasteiger partial charge in [0.1, 0.15) is 11.3 Å². The first kappa shape index (κ1) is 23.9. The molecule has 3 aromatic rings. The van der Waals surface area contributed by atoms with Gasteiger partial charge in [-0.3, -0.25) is 4.90 Å². The van der Waals surface area contributed by atoms with Gasteiger partial charge in [-0.25, -0.2) is 9.97 Å².